The van der Waals surface area contributed by atoms with Crippen molar-refractivity contribution in [3.8, 4) is 0 Å². The van der Waals surface area contributed by atoms with Crippen molar-refractivity contribution in [2.75, 3.05) is 6.54 Å². The second kappa shape index (κ2) is 6.61. The Morgan fingerprint density at radius 3 is 2.75 bits per heavy atom. The molecule has 0 saturated carbocycles. The van der Waals surface area contributed by atoms with E-state index in [9.17, 15) is 9.59 Å². The Balaban J connectivity index is 1.96. The van der Waals surface area contributed by atoms with E-state index in [0.717, 1.165) is 23.1 Å². The van der Waals surface area contributed by atoms with Crippen LogP contribution in [0.4, 0.5) is 0 Å². The SMILES string of the molecule is C=CCN(Cc1cc(=O)n(C)c(=O)n1C)C1CCc2ccccc21. The number of aryl methyl sites for hydroxylation is 1. The number of hydrogen-bond donors (Lipinski definition) is 0. The fourth-order valence-electron chi connectivity index (χ4n) is 3.52. The summed E-state index contributed by atoms with van der Waals surface area (Å²) >= 11 is 0. The lowest BCUT2D eigenvalue weighted by atomic mass is 10.1. The van der Waals surface area contributed by atoms with Crippen LogP contribution in [-0.2, 0) is 27.1 Å². The molecule has 3 rings (SSSR count). The van der Waals surface area contributed by atoms with Crippen LogP contribution >= 0.6 is 0 Å². The highest BCUT2D eigenvalue weighted by molar-refractivity contribution is 5.34. The normalized spacial score (nSPS) is 16.4. The van der Waals surface area contributed by atoms with Gasteiger partial charge in [-0.05, 0) is 24.0 Å². The van der Waals surface area contributed by atoms with E-state index in [4.69, 9.17) is 0 Å². The van der Waals surface area contributed by atoms with Crippen molar-refractivity contribution in [3.63, 3.8) is 0 Å². The quantitative estimate of drug-likeness (QED) is 0.787. The molecule has 0 bridgehead atoms. The summed E-state index contributed by atoms with van der Waals surface area (Å²) in [6.07, 6.45) is 3.98. The number of aromatic nitrogens is 2. The standard InChI is InChI=1S/C19H23N3O2/c1-4-11-22(17-10-9-14-7-5-6-8-16(14)17)13-15-12-18(23)21(3)19(24)20(15)2/h4-8,12,17H,1,9-11,13H2,2-3H3. The summed E-state index contributed by atoms with van der Waals surface area (Å²) in [7, 11) is 3.22. The molecule has 0 N–H and O–H groups in total. The van der Waals surface area contributed by atoms with Crippen molar-refractivity contribution in [1.29, 1.82) is 0 Å². The van der Waals surface area contributed by atoms with Crippen LogP contribution in [0.2, 0.25) is 0 Å². The van der Waals surface area contributed by atoms with Gasteiger partial charge in [0.25, 0.3) is 5.56 Å². The van der Waals surface area contributed by atoms with E-state index in [1.807, 2.05) is 6.08 Å². The topological polar surface area (TPSA) is 47.2 Å². The van der Waals surface area contributed by atoms with Crippen molar-refractivity contribution in [1.82, 2.24) is 14.0 Å². The summed E-state index contributed by atoms with van der Waals surface area (Å²) < 4.78 is 2.69. The summed E-state index contributed by atoms with van der Waals surface area (Å²) in [4.78, 5) is 26.4. The van der Waals surface area contributed by atoms with E-state index in [2.05, 4.69) is 35.7 Å². The van der Waals surface area contributed by atoms with Crippen LogP contribution in [0.1, 0.15) is 29.3 Å². The molecule has 0 radical (unpaired) electrons. The molecule has 1 atom stereocenters. The number of fused-ring (bicyclic) bond motifs is 1. The van der Waals surface area contributed by atoms with Gasteiger partial charge in [-0.1, -0.05) is 30.3 Å². The van der Waals surface area contributed by atoms with Gasteiger partial charge in [0.1, 0.15) is 0 Å². The van der Waals surface area contributed by atoms with Gasteiger partial charge in [-0.3, -0.25) is 18.8 Å². The Hall–Kier alpha value is -2.40. The van der Waals surface area contributed by atoms with Crippen molar-refractivity contribution < 1.29 is 0 Å². The van der Waals surface area contributed by atoms with Gasteiger partial charge in [0.05, 0.1) is 0 Å². The molecule has 0 fully saturated rings. The van der Waals surface area contributed by atoms with Gasteiger partial charge < -0.3 is 0 Å². The third-order valence-corrected chi connectivity index (χ3v) is 4.90. The molecule has 126 valence electrons. The molecule has 0 saturated heterocycles. The van der Waals surface area contributed by atoms with Gasteiger partial charge in [-0.15, -0.1) is 6.58 Å². The maximum atomic E-state index is 12.2. The largest absolute Gasteiger partial charge is 0.330 e. The number of nitrogens with zero attached hydrogens (tertiary/aromatic N) is 3. The molecule has 2 aromatic rings. The number of rotatable bonds is 5. The molecule has 5 heteroatoms. The van der Waals surface area contributed by atoms with E-state index in [0.29, 0.717) is 19.1 Å². The van der Waals surface area contributed by atoms with E-state index < -0.39 is 0 Å². The predicted octanol–water partition coefficient (Wildman–Crippen LogP) is 1.76. The molecule has 5 nitrogen and oxygen atoms in total. The fraction of sp³-hybridized carbons (Fsp3) is 0.368. The van der Waals surface area contributed by atoms with Crippen LogP contribution in [0.5, 0.6) is 0 Å². The lowest BCUT2D eigenvalue weighted by Gasteiger charge is -2.29. The first kappa shape index (κ1) is 16.5. The van der Waals surface area contributed by atoms with Gasteiger partial charge in [0.2, 0.25) is 0 Å². The van der Waals surface area contributed by atoms with Crippen LogP contribution in [0.3, 0.4) is 0 Å². The maximum absolute atomic E-state index is 12.2. The predicted molar refractivity (Wildman–Crippen MR) is 95.0 cm³/mol. The monoisotopic (exact) mass is 325 g/mol. The van der Waals surface area contributed by atoms with Crippen LogP contribution in [0.15, 0.2) is 52.6 Å². The minimum absolute atomic E-state index is 0.265. The molecule has 0 spiro atoms. The van der Waals surface area contributed by atoms with E-state index in [1.165, 1.54) is 18.2 Å². The molecule has 1 aliphatic rings. The lowest BCUT2D eigenvalue weighted by Crippen LogP contribution is -2.40. The third kappa shape index (κ3) is 2.87. The Morgan fingerprint density at radius 1 is 1.25 bits per heavy atom. The smallest absolute Gasteiger partial charge is 0.299 e. The first-order chi connectivity index (χ1) is 11.5. The zero-order valence-electron chi connectivity index (χ0n) is 14.2. The van der Waals surface area contributed by atoms with Crippen molar-refractivity contribution in [3.05, 3.63) is 80.6 Å². The molecule has 1 unspecified atom stereocenters. The fourth-order valence-corrected chi connectivity index (χ4v) is 3.52. The first-order valence-corrected chi connectivity index (χ1v) is 8.21. The summed E-state index contributed by atoms with van der Waals surface area (Å²) in [6, 6.07) is 10.3. The number of benzene rings is 1. The zero-order chi connectivity index (χ0) is 17.3. The number of hydrogen-bond acceptors (Lipinski definition) is 3. The van der Waals surface area contributed by atoms with Crippen molar-refractivity contribution in [2.45, 2.75) is 25.4 Å². The minimum Gasteiger partial charge on any atom is -0.299 e. The van der Waals surface area contributed by atoms with Gasteiger partial charge in [0.15, 0.2) is 0 Å². The summed E-state index contributed by atoms with van der Waals surface area (Å²) in [6.45, 7) is 5.12. The second-order valence-electron chi connectivity index (χ2n) is 6.35. The maximum Gasteiger partial charge on any atom is 0.330 e. The molecule has 1 aliphatic carbocycles. The highest BCUT2D eigenvalue weighted by Gasteiger charge is 2.27. The Kier molecular flexibility index (Phi) is 4.53. The van der Waals surface area contributed by atoms with Gasteiger partial charge in [-0.2, -0.15) is 0 Å². The molecule has 0 amide bonds. The van der Waals surface area contributed by atoms with E-state index in [-0.39, 0.29) is 11.2 Å². The molecule has 1 heterocycles. The molecule has 1 aromatic carbocycles. The molecular formula is C19H23N3O2. The Bertz CT molecular complexity index is 879. The lowest BCUT2D eigenvalue weighted by molar-refractivity contribution is 0.204. The summed E-state index contributed by atoms with van der Waals surface area (Å²) in [5.74, 6) is 0. The van der Waals surface area contributed by atoms with E-state index >= 15 is 0 Å². The van der Waals surface area contributed by atoms with Crippen LogP contribution in [-0.4, -0.2) is 20.6 Å². The van der Waals surface area contributed by atoms with Crippen molar-refractivity contribution in [2.24, 2.45) is 14.1 Å². The first-order valence-electron chi connectivity index (χ1n) is 8.21. The third-order valence-electron chi connectivity index (χ3n) is 4.90. The highest BCUT2D eigenvalue weighted by atomic mass is 16.2. The molecular weight excluding hydrogens is 302 g/mol. The zero-order valence-corrected chi connectivity index (χ0v) is 14.2. The second-order valence-corrected chi connectivity index (χ2v) is 6.35. The van der Waals surface area contributed by atoms with Gasteiger partial charge >= 0.3 is 5.69 Å². The highest BCUT2D eigenvalue weighted by Crippen LogP contribution is 2.36. The van der Waals surface area contributed by atoms with Crippen LogP contribution in [0.25, 0.3) is 0 Å². The van der Waals surface area contributed by atoms with Gasteiger partial charge in [0, 0.05) is 45.0 Å². The average Bonchev–Trinajstić information content (AvgIpc) is 3.01. The Labute approximate surface area is 141 Å². The van der Waals surface area contributed by atoms with Gasteiger partial charge in [-0.25, -0.2) is 4.79 Å². The molecule has 0 aliphatic heterocycles. The van der Waals surface area contributed by atoms with E-state index in [1.54, 1.807) is 17.7 Å². The Morgan fingerprint density at radius 2 is 2.00 bits per heavy atom. The molecule has 1 aromatic heterocycles. The average molecular weight is 325 g/mol. The minimum atomic E-state index is -0.289. The summed E-state index contributed by atoms with van der Waals surface area (Å²) in [5, 5.41) is 0. The van der Waals surface area contributed by atoms with Crippen LogP contribution < -0.4 is 11.2 Å². The summed E-state index contributed by atoms with van der Waals surface area (Å²) in [5.41, 5.74) is 2.90. The van der Waals surface area contributed by atoms with Crippen LogP contribution in [0, 0.1) is 0 Å². The van der Waals surface area contributed by atoms with Crippen molar-refractivity contribution >= 4 is 0 Å². The molecule has 24 heavy (non-hydrogen) atoms.